The number of fused-ring (bicyclic) bond motifs is 1. The van der Waals surface area contributed by atoms with Crippen molar-refractivity contribution in [1.82, 2.24) is 19.2 Å². The van der Waals surface area contributed by atoms with Gasteiger partial charge in [0.15, 0.2) is 0 Å². The van der Waals surface area contributed by atoms with Crippen LogP contribution in [0.2, 0.25) is 0 Å². The highest BCUT2D eigenvalue weighted by atomic mass is 16.5. The molecule has 1 saturated heterocycles. The van der Waals surface area contributed by atoms with Crippen LogP contribution in [-0.4, -0.2) is 45.6 Å². The lowest BCUT2D eigenvalue weighted by atomic mass is 10.0. The SMILES string of the molecule is Cc1c2c(=O)n(C)[nH]c2cc(=O)n1CCC(c1ccccc1)N1CCOCC1. The van der Waals surface area contributed by atoms with Gasteiger partial charge in [0.25, 0.3) is 11.1 Å². The first-order valence-electron chi connectivity index (χ1n) is 9.72. The number of ether oxygens (including phenoxy) is 1. The average Bonchev–Trinajstić information content (AvgIpc) is 2.99. The van der Waals surface area contributed by atoms with E-state index in [1.165, 1.54) is 16.3 Å². The highest BCUT2D eigenvalue weighted by Crippen LogP contribution is 2.26. The molecule has 1 aliphatic rings. The van der Waals surface area contributed by atoms with Crippen LogP contribution in [0.5, 0.6) is 0 Å². The van der Waals surface area contributed by atoms with Gasteiger partial charge in [-0.25, -0.2) is 0 Å². The normalized spacial score (nSPS) is 16.5. The topological polar surface area (TPSA) is 72.3 Å². The van der Waals surface area contributed by atoms with Crippen LogP contribution >= 0.6 is 0 Å². The molecule has 1 aliphatic heterocycles. The maximum atomic E-state index is 12.7. The Morgan fingerprint density at radius 1 is 1.14 bits per heavy atom. The van der Waals surface area contributed by atoms with Crippen LogP contribution < -0.4 is 11.1 Å². The van der Waals surface area contributed by atoms with E-state index in [1.54, 1.807) is 11.6 Å². The number of H-pyrrole nitrogens is 1. The molecule has 0 radical (unpaired) electrons. The Balaban J connectivity index is 1.66. The highest BCUT2D eigenvalue weighted by molar-refractivity contribution is 5.79. The van der Waals surface area contributed by atoms with Crippen molar-refractivity contribution >= 4 is 10.9 Å². The number of hydrogen-bond donors (Lipinski definition) is 1. The number of rotatable bonds is 5. The molecule has 7 heteroatoms. The van der Waals surface area contributed by atoms with Crippen LogP contribution in [0.25, 0.3) is 10.9 Å². The third-order valence-electron chi connectivity index (χ3n) is 5.67. The third kappa shape index (κ3) is 3.43. The summed E-state index contributed by atoms with van der Waals surface area (Å²) >= 11 is 0. The van der Waals surface area contributed by atoms with E-state index >= 15 is 0 Å². The zero-order valence-electron chi connectivity index (χ0n) is 16.4. The lowest BCUT2D eigenvalue weighted by Crippen LogP contribution is -2.39. The van der Waals surface area contributed by atoms with Gasteiger partial charge in [-0.2, -0.15) is 0 Å². The van der Waals surface area contributed by atoms with Crippen LogP contribution in [0.4, 0.5) is 0 Å². The van der Waals surface area contributed by atoms with Crippen molar-refractivity contribution < 1.29 is 4.74 Å². The molecule has 0 amide bonds. The molecule has 0 aliphatic carbocycles. The number of aryl methyl sites for hydroxylation is 2. The molecule has 1 unspecified atom stereocenters. The second kappa shape index (κ2) is 7.77. The smallest absolute Gasteiger partial charge is 0.275 e. The fourth-order valence-corrected chi connectivity index (χ4v) is 4.18. The second-order valence-electron chi connectivity index (χ2n) is 7.35. The summed E-state index contributed by atoms with van der Waals surface area (Å²) < 4.78 is 8.66. The minimum atomic E-state index is -0.103. The predicted molar refractivity (Wildman–Crippen MR) is 109 cm³/mol. The van der Waals surface area contributed by atoms with Crippen molar-refractivity contribution in [3.05, 3.63) is 68.4 Å². The summed E-state index contributed by atoms with van der Waals surface area (Å²) in [4.78, 5) is 27.5. The lowest BCUT2D eigenvalue weighted by Gasteiger charge is -2.35. The molecule has 2 aromatic heterocycles. The summed E-state index contributed by atoms with van der Waals surface area (Å²) in [6.45, 7) is 5.63. The van der Waals surface area contributed by atoms with Crippen molar-refractivity contribution in [1.29, 1.82) is 0 Å². The van der Waals surface area contributed by atoms with E-state index in [4.69, 9.17) is 4.74 Å². The van der Waals surface area contributed by atoms with E-state index in [0.717, 1.165) is 38.4 Å². The van der Waals surface area contributed by atoms with Crippen LogP contribution in [-0.2, 0) is 18.3 Å². The molecular weight excluding hydrogens is 356 g/mol. The van der Waals surface area contributed by atoms with E-state index in [0.29, 0.717) is 17.4 Å². The van der Waals surface area contributed by atoms with Gasteiger partial charge in [-0.15, -0.1) is 0 Å². The van der Waals surface area contributed by atoms with E-state index in [2.05, 4.69) is 34.3 Å². The van der Waals surface area contributed by atoms with E-state index < -0.39 is 0 Å². The Morgan fingerprint density at radius 2 is 1.86 bits per heavy atom. The molecule has 0 spiro atoms. The Morgan fingerprint density at radius 3 is 2.57 bits per heavy atom. The summed E-state index contributed by atoms with van der Waals surface area (Å²) in [5.74, 6) is 0. The van der Waals surface area contributed by atoms with Crippen LogP contribution in [0.3, 0.4) is 0 Å². The van der Waals surface area contributed by atoms with Gasteiger partial charge in [0.2, 0.25) is 0 Å². The first-order chi connectivity index (χ1) is 13.6. The number of benzene rings is 1. The molecule has 3 heterocycles. The Hall–Kier alpha value is -2.64. The maximum absolute atomic E-state index is 12.7. The molecule has 28 heavy (non-hydrogen) atoms. The third-order valence-corrected chi connectivity index (χ3v) is 5.67. The molecule has 1 aromatic carbocycles. The quantitative estimate of drug-likeness (QED) is 0.730. The number of hydrogen-bond acceptors (Lipinski definition) is 4. The molecule has 0 bridgehead atoms. The fraction of sp³-hybridized carbons (Fsp3) is 0.429. The first-order valence-corrected chi connectivity index (χ1v) is 9.72. The number of nitrogens with zero attached hydrogens (tertiary/aromatic N) is 3. The average molecular weight is 382 g/mol. The Labute approximate surface area is 163 Å². The Bertz CT molecular complexity index is 1070. The largest absolute Gasteiger partial charge is 0.379 e. The van der Waals surface area contributed by atoms with Crippen LogP contribution in [0, 0.1) is 6.92 Å². The van der Waals surface area contributed by atoms with Crippen molar-refractivity contribution in [2.45, 2.75) is 25.9 Å². The van der Waals surface area contributed by atoms with Gasteiger partial charge in [0.1, 0.15) is 0 Å². The van der Waals surface area contributed by atoms with Gasteiger partial charge < -0.3 is 9.30 Å². The van der Waals surface area contributed by atoms with E-state index in [-0.39, 0.29) is 17.2 Å². The standard InChI is InChI=1S/C21H26N4O3/c1-15-20-17(22-23(2)21(20)27)14-19(26)25(15)9-8-18(16-6-4-3-5-7-16)24-10-12-28-13-11-24/h3-7,14,18,22H,8-13H2,1-2H3. The zero-order valence-corrected chi connectivity index (χ0v) is 16.4. The molecule has 3 aromatic rings. The summed E-state index contributed by atoms with van der Waals surface area (Å²) in [7, 11) is 1.67. The minimum Gasteiger partial charge on any atom is -0.379 e. The van der Waals surface area contributed by atoms with Gasteiger partial charge in [0, 0.05) is 44.5 Å². The number of morpholine rings is 1. The molecule has 0 saturated carbocycles. The van der Waals surface area contributed by atoms with Crippen molar-refractivity contribution in [3.8, 4) is 0 Å². The van der Waals surface area contributed by atoms with Gasteiger partial charge in [-0.3, -0.25) is 24.3 Å². The maximum Gasteiger partial charge on any atom is 0.275 e. The molecular formula is C21H26N4O3. The van der Waals surface area contributed by atoms with Gasteiger partial charge in [-0.05, 0) is 18.9 Å². The Kier molecular flexibility index (Phi) is 5.19. The molecule has 148 valence electrons. The number of aromatic amines is 1. The van der Waals surface area contributed by atoms with E-state index in [9.17, 15) is 9.59 Å². The summed E-state index contributed by atoms with van der Waals surface area (Å²) in [5, 5.41) is 3.53. The molecule has 4 rings (SSSR count). The number of aromatic nitrogens is 3. The van der Waals surface area contributed by atoms with Crippen molar-refractivity contribution in [3.63, 3.8) is 0 Å². The van der Waals surface area contributed by atoms with E-state index in [1.807, 2.05) is 13.0 Å². The molecule has 7 nitrogen and oxygen atoms in total. The van der Waals surface area contributed by atoms with Gasteiger partial charge in [-0.1, -0.05) is 30.3 Å². The van der Waals surface area contributed by atoms with Crippen LogP contribution in [0.1, 0.15) is 23.7 Å². The van der Waals surface area contributed by atoms with Gasteiger partial charge >= 0.3 is 0 Å². The van der Waals surface area contributed by atoms with Gasteiger partial charge in [0.05, 0.1) is 24.1 Å². The van der Waals surface area contributed by atoms with Crippen molar-refractivity contribution in [2.24, 2.45) is 7.05 Å². The lowest BCUT2D eigenvalue weighted by molar-refractivity contribution is 0.0132. The number of nitrogens with one attached hydrogen (secondary N) is 1. The van der Waals surface area contributed by atoms with Crippen LogP contribution in [0.15, 0.2) is 46.0 Å². The second-order valence-corrected chi connectivity index (χ2v) is 7.35. The first kappa shape index (κ1) is 18.7. The highest BCUT2D eigenvalue weighted by Gasteiger charge is 2.23. The molecule has 1 N–H and O–H groups in total. The summed E-state index contributed by atoms with van der Waals surface area (Å²) in [6.07, 6.45) is 0.793. The zero-order chi connectivity index (χ0) is 19.7. The minimum absolute atomic E-state index is 0.0827. The van der Waals surface area contributed by atoms with Crippen molar-refractivity contribution in [2.75, 3.05) is 26.3 Å². The summed E-state index contributed by atoms with van der Waals surface area (Å²) in [5.41, 5.74) is 2.38. The monoisotopic (exact) mass is 382 g/mol. The number of pyridine rings is 1. The predicted octanol–water partition coefficient (Wildman–Crippen LogP) is 1.80. The fourth-order valence-electron chi connectivity index (χ4n) is 4.18. The molecule has 1 atom stereocenters. The summed E-state index contributed by atoms with van der Waals surface area (Å²) in [6, 6.07) is 12.1. The molecule has 1 fully saturated rings.